The summed E-state index contributed by atoms with van der Waals surface area (Å²) in [6, 6.07) is 3.79. The summed E-state index contributed by atoms with van der Waals surface area (Å²) >= 11 is 3.37. The van der Waals surface area contributed by atoms with Gasteiger partial charge < -0.3 is 10.0 Å². The molecule has 0 aliphatic rings. The molecule has 0 aliphatic heterocycles. The first kappa shape index (κ1) is 10.5. The Morgan fingerprint density at radius 3 is 2.92 bits per heavy atom. The van der Waals surface area contributed by atoms with Crippen molar-refractivity contribution in [2.24, 2.45) is 0 Å². The van der Waals surface area contributed by atoms with Crippen LogP contribution in [-0.2, 0) is 0 Å². The monoisotopic (exact) mass is 244 g/mol. The highest BCUT2D eigenvalue weighted by Crippen LogP contribution is 2.15. The van der Waals surface area contributed by atoms with Crippen LogP contribution >= 0.6 is 15.9 Å². The molecule has 0 saturated heterocycles. The van der Waals surface area contributed by atoms with Crippen LogP contribution in [0.1, 0.15) is 6.92 Å². The summed E-state index contributed by atoms with van der Waals surface area (Å²) in [5, 5.41) is 9.17. The van der Waals surface area contributed by atoms with Crippen LogP contribution < -0.4 is 4.90 Å². The van der Waals surface area contributed by atoms with E-state index in [9.17, 15) is 5.11 Å². The zero-order valence-electron chi connectivity index (χ0n) is 7.74. The molecule has 3 nitrogen and oxygen atoms in total. The molecule has 0 aromatic carbocycles. The maximum atomic E-state index is 9.17. The van der Waals surface area contributed by atoms with Crippen LogP contribution in [0.2, 0.25) is 0 Å². The maximum absolute atomic E-state index is 9.17. The van der Waals surface area contributed by atoms with Gasteiger partial charge in [-0.15, -0.1) is 0 Å². The zero-order chi connectivity index (χ0) is 9.84. The number of hydrogen-bond acceptors (Lipinski definition) is 3. The third-order valence-corrected chi connectivity index (χ3v) is 2.13. The zero-order valence-corrected chi connectivity index (χ0v) is 9.32. The van der Waals surface area contributed by atoms with E-state index in [4.69, 9.17) is 0 Å². The number of aliphatic hydroxyl groups excluding tert-OH is 1. The Bertz CT molecular complexity index is 278. The Morgan fingerprint density at radius 1 is 1.69 bits per heavy atom. The number of hydrogen-bond donors (Lipinski definition) is 1. The molecule has 0 fully saturated rings. The van der Waals surface area contributed by atoms with Crippen LogP contribution in [0.25, 0.3) is 0 Å². The highest BCUT2D eigenvalue weighted by atomic mass is 79.9. The summed E-state index contributed by atoms with van der Waals surface area (Å²) in [5.74, 6) is 0.857. The number of anilines is 1. The van der Waals surface area contributed by atoms with Crippen molar-refractivity contribution in [3.8, 4) is 0 Å². The van der Waals surface area contributed by atoms with Crippen molar-refractivity contribution < 1.29 is 5.11 Å². The lowest BCUT2D eigenvalue weighted by atomic mass is 10.3. The van der Waals surface area contributed by atoms with E-state index in [2.05, 4.69) is 20.9 Å². The van der Waals surface area contributed by atoms with Crippen LogP contribution in [0.4, 0.5) is 5.82 Å². The molecule has 1 aromatic heterocycles. The van der Waals surface area contributed by atoms with Crippen LogP contribution in [0.5, 0.6) is 0 Å². The van der Waals surface area contributed by atoms with Crippen LogP contribution in [0, 0.1) is 0 Å². The van der Waals surface area contributed by atoms with E-state index in [1.807, 2.05) is 24.1 Å². The number of aliphatic hydroxyl groups is 1. The summed E-state index contributed by atoms with van der Waals surface area (Å²) in [4.78, 5) is 6.09. The van der Waals surface area contributed by atoms with E-state index in [0.717, 1.165) is 10.3 Å². The minimum Gasteiger partial charge on any atom is -0.392 e. The van der Waals surface area contributed by atoms with Gasteiger partial charge in [0.25, 0.3) is 0 Å². The molecular weight excluding hydrogens is 232 g/mol. The Balaban J connectivity index is 2.71. The van der Waals surface area contributed by atoms with Crippen LogP contribution in [0.3, 0.4) is 0 Å². The molecule has 0 radical (unpaired) electrons. The highest BCUT2D eigenvalue weighted by molar-refractivity contribution is 9.10. The van der Waals surface area contributed by atoms with Gasteiger partial charge in [-0.25, -0.2) is 4.98 Å². The molecular formula is C9H13BrN2O. The number of pyridine rings is 1. The lowest BCUT2D eigenvalue weighted by Gasteiger charge is -2.19. The van der Waals surface area contributed by atoms with Gasteiger partial charge in [-0.05, 0) is 19.1 Å². The molecule has 0 aliphatic carbocycles. The summed E-state index contributed by atoms with van der Waals surface area (Å²) in [6.07, 6.45) is 1.39. The lowest BCUT2D eigenvalue weighted by Crippen LogP contribution is -2.27. The SMILES string of the molecule is C[C@H](O)CN(C)c1cc(Br)ccn1. The van der Waals surface area contributed by atoms with E-state index >= 15 is 0 Å². The minimum absolute atomic E-state index is 0.342. The van der Waals surface area contributed by atoms with E-state index in [0.29, 0.717) is 6.54 Å². The Kier molecular flexibility index (Phi) is 3.69. The average Bonchev–Trinajstić information content (AvgIpc) is 2.03. The van der Waals surface area contributed by atoms with Gasteiger partial charge in [0.2, 0.25) is 0 Å². The maximum Gasteiger partial charge on any atom is 0.129 e. The van der Waals surface area contributed by atoms with Gasteiger partial charge >= 0.3 is 0 Å². The van der Waals surface area contributed by atoms with Gasteiger partial charge in [0.05, 0.1) is 6.10 Å². The Hall–Kier alpha value is -0.610. The number of rotatable bonds is 3. The third-order valence-electron chi connectivity index (χ3n) is 1.64. The fourth-order valence-electron chi connectivity index (χ4n) is 1.09. The minimum atomic E-state index is -0.342. The second-order valence-electron chi connectivity index (χ2n) is 3.06. The van der Waals surface area contributed by atoms with Crippen LogP contribution in [-0.4, -0.2) is 29.8 Å². The Labute approximate surface area is 86.5 Å². The fourth-order valence-corrected chi connectivity index (χ4v) is 1.42. The van der Waals surface area contributed by atoms with Crippen molar-refractivity contribution in [1.29, 1.82) is 0 Å². The molecule has 0 bridgehead atoms. The molecule has 0 unspecified atom stereocenters. The molecule has 4 heteroatoms. The Morgan fingerprint density at radius 2 is 2.38 bits per heavy atom. The molecule has 1 heterocycles. The second-order valence-corrected chi connectivity index (χ2v) is 3.98. The summed E-state index contributed by atoms with van der Waals surface area (Å²) < 4.78 is 0.995. The van der Waals surface area contributed by atoms with Crippen molar-refractivity contribution >= 4 is 21.7 Å². The number of likely N-dealkylation sites (N-methyl/N-ethyl adjacent to an activating group) is 1. The molecule has 72 valence electrons. The van der Waals surface area contributed by atoms with Gasteiger partial charge in [0, 0.05) is 24.3 Å². The van der Waals surface area contributed by atoms with Crippen molar-refractivity contribution in [2.45, 2.75) is 13.0 Å². The van der Waals surface area contributed by atoms with Crippen LogP contribution in [0.15, 0.2) is 22.8 Å². The van der Waals surface area contributed by atoms with Gasteiger partial charge in [0.1, 0.15) is 5.82 Å². The van der Waals surface area contributed by atoms with E-state index < -0.39 is 0 Å². The first-order valence-corrected chi connectivity index (χ1v) is 4.89. The van der Waals surface area contributed by atoms with E-state index in [1.165, 1.54) is 0 Å². The predicted molar refractivity (Wildman–Crippen MR) is 56.9 cm³/mol. The molecule has 1 N–H and O–H groups in total. The van der Waals surface area contributed by atoms with E-state index in [1.54, 1.807) is 13.1 Å². The normalized spacial score (nSPS) is 12.6. The quantitative estimate of drug-likeness (QED) is 0.879. The first-order chi connectivity index (χ1) is 6.09. The van der Waals surface area contributed by atoms with Gasteiger partial charge in [0.15, 0.2) is 0 Å². The molecule has 13 heavy (non-hydrogen) atoms. The molecule has 0 amide bonds. The van der Waals surface area contributed by atoms with Crippen molar-refractivity contribution in [1.82, 2.24) is 4.98 Å². The smallest absolute Gasteiger partial charge is 0.129 e. The van der Waals surface area contributed by atoms with Crippen molar-refractivity contribution in [2.75, 3.05) is 18.5 Å². The fraction of sp³-hybridized carbons (Fsp3) is 0.444. The molecule has 0 spiro atoms. The number of halogens is 1. The van der Waals surface area contributed by atoms with Crippen molar-refractivity contribution in [3.63, 3.8) is 0 Å². The summed E-state index contributed by atoms with van der Waals surface area (Å²) in [6.45, 7) is 2.35. The first-order valence-electron chi connectivity index (χ1n) is 4.10. The summed E-state index contributed by atoms with van der Waals surface area (Å²) in [7, 11) is 1.90. The van der Waals surface area contributed by atoms with Gasteiger partial charge in [-0.1, -0.05) is 15.9 Å². The third kappa shape index (κ3) is 3.32. The van der Waals surface area contributed by atoms with Gasteiger partial charge in [-0.2, -0.15) is 0 Å². The largest absolute Gasteiger partial charge is 0.392 e. The van der Waals surface area contributed by atoms with Gasteiger partial charge in [-0.3, -0.25) is 0 Å². The lowest BCUT2D eigenvalue weighted by molar-refractivity contribution is 0.201. The summed E-state index contributed by atoms with van der Waals surface area (Å²) in [5.41, 5.74) is 0. The number of nitrogens with zero attached hydrogens (tertiary/aromatic N) is 2. The average molecular weight is 245 g/mol. The van der Waals surface area contributed by atoms with Crippen molar-refractivity contribution in [3.05, 3.63) is 22.8 Å². The molecule has 1 rings (SSSR count). The highest BCUT2D eigenvalue weighted by Gasteiger charge is 2.05. The molecule has 1 atom stereocenters. The standard InChI is InChI=1S/C9H13BrN2O/c1-7(13)6-12(2)9-5-8(10)3-4-11-9/h3-5,7,13H,6H2,1-2H3/t7-/m0/s1. The molecule has 0 saturated carbocycles. The second kappa shape index (κ2) is 4.58. The number of aromatic nitrogens is 1. The topological polar surface area (TPSA) is 36.4 Å². The van der Waals surface area contributed by atoms with E-state index in [-0.39, 0.29) is 6.10 Å². The predicted octanol–water partition coefficient (Wildman–Crippen LogP) is 1.66. The molecule has 1 aromatic rings.